The fraction of sp³-hybridized carbons (Fsp3) is 0.0714. The SMILES string of the molecule is COc1ccc2c(C(N)=O)c3ccccn3c2c1. The van der Waals surface area contributed by atoms with E-state index in [0.29, 0.717) is 5.56 Å². The molecule has 0 bridgehead atoms. The summed E-state index contributed by atoms with van der Waals surface area (Å²) in [7, 11) is 1.62. The number of rotatable bonds is 2. The predicted molar refractivity (Wildman–Crippen MR) is 70.0 cm³/mol. The molecule has 2 N–H and O–H groups in total. The lowest BCUT2D eigenvalue weighted by Crippen LogP contribution is -2.10. The second-order valence-electron chi connectivity index (χ2n) is 4.08. The van der Waals surface area contributed by atoms with Crippen LogP contribution in [0.1, 0.15) is 10.4 Å². The number of nitrogens with two attached hydrogens (primary N) is 1. The molecule has 0 atom stereocenters. The topological polar surface area (TPSA) is 56.7 Å². The summed E-state index contributed by atoms with van der Waals surface area (Å²) < 4.78 is 7.15. The van der Waals surface area contributed by atoms with Crippen molar-refractivity contribution in [1.82, 2.24) is 4.40 Å². The summed E-state index contributed by atoms with van der Waals surface area (Å²) in [6.07, 6.45) is 1.91. The summed E-state index contributed by atoms with van der Waals surface area (Å²) in [6, 6.07) is 11.3. The Morgan fingerprint density at radius 1 is 1.22 bits per heavy atom. The van der Waals surface area contributed by atoms with Crippen LogP contribution < -0.4 is 10.5 Å². The molecule has 4 nitrogen and oxygen atoms in total. The summed E-state index contributed by atoms with van der Waals surface area (Å²) in [6.45, 7) is 0. The lowest BCUT2D eigenvalue weighted by Gasteiger charge is -2.00. The van der Waals surface area contributed by atoms with Gasteiger partial charge in [0.1, 0.15) is 5.75 Å². The molecule has 3 rings (SSSR count). The van der Waals surface area contributed by atoms with Gasteiger partial charge in [-0.3, -0.25) is 4.79 Å². The predicted octanol–water partition coefficient (Wildman–Crippen LogP) is 2.20. The Labute approximate surface area is 104 Å². The Morgan fingerprint density at radius 2 is 2.06 bits per heavy atom. The number of benzene rings is 1. The van der Waals surface area contributed by atoms with Gasteiger partial charge >= 0.3 is 0 Å². The van der Waals surface area contributed by atoms with Gasteiger partial charge in [-0.25, -0.2) is 0 Å². The molecule has 0 saturated carbocycles. The first-order valence-corrected chi connectivity index (χ1v) is 5.59. The van der Waals surface area contributed by atoms with E-state index in [4.69, 9.17) is 10.5 Å². The van der Waals surface area contributed by atoms with Gasteiger partial charge in [0.15, 0.2) is 0 Å². The van der Waals surface area contributed by atoms with Crippen LogP contribution in [0, 0.1) is 0 Å². The van der Waals surface area contributed by atoms with Gasteiger partial charge in [0.05, 0.1) is 23.7 Å². The molecule has 1 amide bonds. The minimum atomic E-state index is -0.418. The Kier molecular flexibility index (Phi) is 2.23. The third-order valence-corrected chi connectivity index (χ3v) is 3.10. The standard InChI is InChI=1S/C14H12N2O2/c1-18-9-5-6-10-12(8-9)16-7-3-2-4-11(16)13(10)14(15)17/h2-8H,1H3,(H2,15,17). The van der Waals surface area contributed by atoms with Crippen molar-refractivity contribution >= 4 is 22.3 Å². The maximum atomic E-state index is 11.6. The average Bonchev–Trinajstić information content (AvgIpc) is 2.72. The Morgan fingerprint density at radius 3 is 2.78 bits per heavy atom. The van der Waals surface area contributed by atoms with Crippen LogP contribution in [0.15, 0.2) is 42.6 Å². The highest BCUT2D eigenvalue weighted by molar-refractivity contribution is 6.13. The van der Waals surface area contributed by atoms with Crippen molar-refractivity contribution in [3.8, 4) is 5.75 Å². The molecule has 3 aromatic rings. The third kappa shape index (κ3) is 1.35. The molecule has 18 heavy (non-hydrogen) atoms. The lowest BCUT2D eigenvalue weighted by molar-refractivity contribution is 0.100. The van der Waals surface area contributed by atoms with Gasteiger partial charge in [0, 0.05) is 17.6 Å². The first-order valence-electron chi connectivity index (χ1n) is 5.59. The van der Waals surface area contributed by atoms with Crippen molar-refractivity contribution in [2.45, 2.75) is 0 Å². The number of aromatic nitrogens is 1. The molecular formula is C14H12N2O2. The fourth-order valence-corrected chi connectivity index (χ4v) is 2.30. The number of ether oxygens (including phenoxy) is 1. The number of amides is 1. The van der Waals surface area contributed by atoms with Gasteiger partial charge in [-0.05, 0) is 24.3 Å². The molecular weight excluding hydrogens is 228 g/mol. The van der Waals surface area contributed by atoms with Gasteiger partial charge in [-0.1, -0.05) is 6.07 Å². The summed E-state index contributed by atoms with van der Waals surface area (Å²) in [5.41, 5.74) is 7.76. The minimum absolute atomic E-state index is 0.418. The Balaban J connectivity index is 2.53. The van der Waals surface area contributed by atoms with Gasteiger partial charge in [-0.2, -0.15) is 0 Å². The fourth-order valence-electron chi connectivity index (χ4n) is 2.30. The normalized spacial score (nSPS) is 10.9. The number of hydrogen-bond donors (Lipinski definition) is 1. The second kappa shape index (κ2) is 3.77. The molecule has 1 aromatic carbocycles. The molecule has 0 saturated heterocycles. The molecule has 2 heterocycles. The molecule has 2 aromatic heterocycles. The highest BCUT2D eigenvalue weighted by atomic mass is 16.5. The van der Waals surface area contributed by atoms with E-state index in [-0.39, 0.29) is 0 Å². The van der Waals surface area contributed by atoms with Crippen LogP contribution in [0.4, 0.5) is 0 Å². The van der Waals surface area contributed by atoms with E-state index in [1.165, 1.54) is 0 Å². The molecule has 0 radical (unpaired) electrons. The molecule has 0 fully saturated rings. The molecule has 0 aliphatic heterocycles. The molecule has 0 aliphatic carbocycles. The molecule has 90 valence electrons. The van der Waals surface area contributed by atoms with E-state index in [1.807, 2.05) is 47.0 Å². The van der Waals surface area contributed by atoms with E-state index in [2.05, 4.69) is 0 Å². The van der Waals surface area contributed by atoms with Crippen LogP contribution in [0.5, 0.6) is 5.75 Å². The molecule has 0 aliphatic rings. The first-order chi connectivity index (χ1) is 8.72. The van der Waals surface area contributed by atoms with Crippen LogP contribution in [-0.2, 0) is 0 Å². The number of pyridine rings is 1. The zero-order chi connectivity index (χ0) is 12.7. The Hall–Kier alpha value is -2.49. The Bertz CT molecular complexity index is 759. The van der Waals surface area contributed by atoms with Crippen LogP contribution >= 0.6 is 0 Å². The van der Waals surface area contributed by atoms with Gasteiger partial charge < -0.3 is 14.9 Å². The monoisotopic (exact) mass is 240 g/mol. The van der Waals surface area contributed by atoms with Crippen molar-refractivity contribution in [2.24, 2.45) is 5.73 Å². The summed E-state index contributed by atoms with van der Waals surface area (Å²) in [5, 5.41) is 0.842. The number of methoxy groups -OCH3 is 1. The smallest absolute Gasteiger partial charge is 0.251 e. The van der Waals surface area contributed by atoms with Crippen LogP contribution in [0.3, 0.4) is 0 Å². The van der Waals surface area contributed by atoms with E-state index in [9.17, 15) is 4.79 Å². The van der Waals surface area contributed by atoms with Gasteiger partial charge in [0.2, 0.25) is 0 Å². The number of hydrogen-bond acceptors (Lipinski definition) is 2. The largest absolute Gasteiger partial charge is 0.497 e. The molecule has 0 spiro atoms. The van der Waals surface area contributed by atoms with Crippen LogP contribution in [-0.4, -0.2) is 17.4 Å². The van der Waals surface area contributed by atoms with Gasteiger partial charge in [0.25, 0.3) is 5.91 Å². The first kappa shape index (κ1) is 10.7. The maximum absolute atomic E-state index is 11.6. The maximum Gasteiger partial charge on any atom is 0.251 e. The van der Waals surface area contributed by atoms with Crippen molar-refractivity contribution < 1.29 is 9.53 Å². The summed E-state index contributed by atoms with van der Waals surface area (Å²) >= 11 is 0. The highest BCUT2D eigenvalue weighted by Crippen LogP contribution is 2.29. The lowest BCUT2D eigenvalue weighted by atomic mass is 10.1. The quantitative estimate of drug-likeness (QED) is 0.746. The zero-order valence-corrected chi connectivity index (χ0v) is 9.88. The van der Waals surface area contributed by atoms with Crippen molar-refractivity contribution in [3.63, 3.8) is 0 Å². The number of fused-ring (bicyclic) bond motifs is 3. The van der Waals surface area contributed by atoms with E-state index in [0.717, 1.165) is 22.2 Å². The van der Waals surface area contributed by atoms with Crippen molar-refractivity contribution in [3.05, 3.63) is 48.2 Å². The van der Waals surface area contributed by atoms with Crippen LogP contribution in [0.2, 0.25) is 0 Å². The number of nitrogens with zero attached hydrogens (tertiary/aromatic N) is 1. The molecule has 4 heteroatoms. The number of carbonyl (C=O) groups excluding carboxylic acids is 1. The van der Waals surface area contributed by atoms with E-state index >= 15 is 0 Å². The highest BCUT2D eigenvalue weighted by Gasteiger charge is 2.15. The van der Waals surface area contributed by atoms with Gasteiger partial charge in [-0.15, -0.1) is 0 Å². The third-order valence-electron chi connectivity index (χ3n) is 3.10. The number of primary amides is 1. The zero-order valence-electron chi connectivity index (χ0n) is 9.88. The summed E-state index contributed by atoms with van der Waals surface area (Å²) in [4.78, 5) is 11.6. The minimum Gasteiger partial charge on any atom is -0.497 e. The van der Waals surface area contributed by atoms with Crippen molar-refractivity contribution in [2.75, 3.05) is 7.11 Å². The molecule has 0 unspecified atom stereocenters. The number of carbonyl (C=O) groups is 1. The summed E-state index contributed by atoms with van der Waals surface area (Å²) in [5.74, 6) is 0.334. The van der Waals surface area contributed by atoms with E-state index in [1.54, 1.807) is 7.11 Å². The van der Waals surface area contributed by atoms with Crippen LogP contribution in [0.25, 0.3) is 16.4 Å². The van der Waals surface area contributed by atoms with E-state index < -0.39 is 5.91 Å². The van der Waals surface area contributed by atoms with Crippen molar-refractivity contribution in [1.29, 1.82) is 0 Å². The second-order valence-corrected chi connectivity index (χ2v) is 4.08. The average molecular weight is 240 g/mol.